The monoisotopic (exact) mass is 348 g/mol. The van der Waals surface area contributed by atoms with Crippen molar-refractivity contribution in [3.05, 3.63) is 81.5 Å². The summed E-state index contributed by atoms with van der Waals surface area (Å²) in [6.45, 7) is 9.09. The molecular formula is C26H29Li. The molecule has 0 radical (unpaired) electrons. The van der Waals surface area contributed by atoms with E-state index in [-0.39, 0.29) is 24.3 Å². The standard InChI is InChI=1S/C26H29.Li/c1-16-13-20-15-23-17-5-7-18(8-6-17)25(23)24(22(20)14-16)19-9-11-21(12-10-19)26(2,3)4;/h9-12,14-15,17-18,24H,5-8H2,1-4H3;/q-1;+1. The van der Waals surface area contributed by atoms with Gasteiger partial charge in [-0.3, -0.25) is 0 Å². The number of benzene rings is 1. The third kappa shape index (κ3) is 3.06. The molecule has 0 amide bonds. The molecule has 1 fully saturated rings. The zero-order valence-electron chi connectivity index (χ0n) is 17.5. The number of allylic oxidation sites excluding steroid dienone is 8. The molecule has 1 saturated carbocycles. The topological polar surface area (TPSA) is 0 Å². The summed E-state index contributed by atoms with van der Waals surface area (Å²) >= 11 is 0. The summed E-state index contributed by atoms with van der Waals surface area (Å²) in [6.07, 6.45) is 14.1. The molecule has 1 unspecified atom stereocenters. The fourth-order valence-corrected chi connectivity index (χ4v) is 5.64. The van der Waals surface area contributed by atoms with Crippen molar-refractivity contribution in [1.82, 2.24) is 0 Å². The van der Waals surface area contributed by atoms with Gasteiger partial charge < -0.3 is 0 Å². The van der Waals surface area contributed by atoms with Gasteiger partial charge in [0.05, 0.1) is 0 Å². The number of rotatable bonds is 1. The van der Waals surface area contributed by atoms with Crippen LogP contribution in [0.1, 0.15) is 70.4 Å². The Morgan fingerprint density at radius 3 is 2.15 bits per heavy atom. The Morgan fingerprint density at radius 2 is 1.52 bits per heavy atom. The Balaban J connectivity index is 0.00000180. The Hall–Kier alpha value is -1.22. The van der Waals surface area contributed by atoms with Gasteiger partial charge in [0, 0.05) is 0 Å². The minimum atomic E-state index is 0. The van der Waals surface area contributed by atoms with E-state index in [9.17, 15) is 0 Å². The molecule has 134 valence electrons. The molecule has 0 N–H and O–H groups in total. The van der Waals surface area contributed by atoms with Gasteiger partial charge in [-0.25, -0.2) is 0 Å². The summed E-state index contributed by atoms with van der Waals surface area (Å²) in [6, 6.07) is 9.51. The van der Waals surface area contributed by atoms with Crippen LogP contribution in [0.15, 0.2) is 64.3 Å². The Bertz CT molecular complexity index is 875. The molecule has 0 nitrogen and oxygen atoms in total. The van der Waals surface area contributed by atoms with E-state index in [0.29, 0.717) is 5.92 Å². The van der Waals surface area contributed by atoms with Gasteiger partial charge in [-0.05, 0) is 60.0 Å². The van der Waals surface area contributed by atoms with Crippen molar-refractivity contribution < 1.29 is 18.9 Å². The molecule has 6 rings (SSSR count). The van der Waals surface area contributed by atoms with E-state index < -0.39 is 0 Å². The summed E-state index contributed by atoms with van der Waals surface area (Å²) in [5.41, 5.74) is 10.7. The van der Waals surface area contributed by atoms with E-state index in [0.717, 1.165) is 11.8 Å². The van der Waals surface area contributed by atoms with Crippen LogP contribution >= 0.6 is 0 Å². The fraction of sp³-hybridized carbons (Fsp3) is 0.462. The molecule has 0 spiro atoms. The van der Waals surface area contributed by atoms with Crippen LogP contribution in [-0.2, 0) is 5.41 Å². The zero-order valence-corrected chi connectivity index (χ0v) is 17.5. The van der Waals surface area contributed by atoms with Crippen molar-refractivity contribution >= 4 is 0 Å². The minimum Gasteiger partial charge on any atom is -0.168 e. The maximum Gasteiger partial charge on any atom is 1.00 e. The quantitative estimate of drug-likeness (QED) is 0.535. The predicted molar refractivity (Wildman–Crippen MR) is 109 cm³/mol. The molecule has 1 aromatic rings. The maximum atomic E-state index is 3.63. The van der Waals surface area contributed by atoms with Crippen molar-refractivity contribution in [2.75, 3.05) is 0 Å². The zero-order chi connectivity index (χ0) is 18.1. The van der Waals surface area contributed by atoms with Crippen LogP contribution < -0.4 is 18.9 Å². The van der Waals surface area contributed by atoms with Crippen molar-refractivity contribution in [3.63, 3.8) is 0 Å². The van der Waals surface area contributed by atoms with Gasteiger partial charge in [0.1, 0.15) is 0 Å². The molecule has 0 saturated heterocycles. The number of fused-ring (bicyclic) bond motifs is 3. The molecule has 0 heterocycles. The average molecular weight is 348 g/mol. The number of hydrogen-bond acceptors (Lipinski definition) is 0. The van der Waals surface area contributed by atoms with Crippen LogP contribution in [0.2, 0.25) is 0 Å². The summed E-state index contributed by atoms with van der Waals surface area (Å²) in [5.74, 6) is 2.04. The van der Waals surface area contributed by atoms with Crippen molar-refractivity contribution in [3.8, 4) is 0 Å². The first-order valence-electron chi connectivity index (χ1n) is 10.3. The Kier molecular flexibility index (Phi) is 4.73. The maximum absolute atomic E-state index is 3.63. The first kappa shape index (κ1) is 19.1. The first-order chi connectivity index (χ1) is 12.4. The van der Waals surface area contributed by atoms with Crippen molar-refractivity contribution in [1.29, 1.82) is 0 Å². The number of hydrogen-bond donors (Lipinski definition) is 0. The second kappa shape index (κ2) is 6.68. The molecule has 27 heavy (non-hydrogen) atoms. The third-order valence-electron chi connectivity index (χ3n) is 6.99. The van der Waals surface area contributed by atoms with Crippen LogP contribution in [0.4, 0.5) is 0 Å². The second-order valence-electron chi connectivity index (χ2n) is 9.73. The van der Waals surface area contributed by atoms with Crippen molar-refractivity contribution in [2.24, 2.45) is 11.8 Å². The minimum absolute atomic E-state index is 0. The van der Waals surface area contributed by atoms with Gasteiger partial charge in [0.15, 0.2) is 0 Å². The van der Waals surface area contributed by atoms with E-state index in [4.69, 9.17) is 0 Å². The van der Waals surface area contributed by atoms with E-state index in [1.165, 1.54) is 53.5 Å². The van der Waals surface area contributed by atoms with Gasteiger partial charge >= 0.3 is 18.9 Å². The first-order valence-corrected chi connectivity index (χ1v) is 10.3. The largest absolute Gasteiger partial charge is 1.00 e. The smallest absolute Gasteiger partial charge is 0.168 e. The van der Waals surface area contributed by atoms with Crippen molar-refractivity contribution in [2.45, 2.75) is 64.7 Å². The summed E-state index contributed by atoms with van der Waals surface area (Å²) < 4.78 is 0. The van der Waals surface area contributed by atoms with Gasteiger partial charge in [0.2, 0.25) is 0 Å². The van der Waals surface area contributed by atoms with Crippen LogP contribution in [0.5, 0.6) is 0 Å². The Labute approximate surface area is 176 Å². The van der Waals surface area contributed by atoms with E-state index in [2.05, 4.69) is 70.2 Å². The molecule has 1 atom stereocenters. The van der Waals surface area contributed by atoms with Crippen LogP contribution in [0.25, 0.3) is 0 Å². The fourth-order valence-electron chi connectivity index (χ4n) is 5.64. The molecular weight excluding hydrogens is 319 g/mol. The predicted octanol–water partition coefficient (Wildman–Crippen LogP) is 3.82. The van der Waals surface area contributed by atoms with E-state index in [1.54, 1.807) is 11.1 Å². The second-order valence-corrected chi connectivity index (χ2v) is 9.73. The van der Waals surface area contributed by atoms with Crippen LogP contribution in [-0.4, -0.2) is 0 Å². The summed E-state index contributed by atoms with van der Waals surface area (Å²) in [5, 5.41) is 0. The van der Waals surface area contributed by atoms with Crippen LogP contribution in [0.3, 0.4) is 0 Å². The van der Waals surface area contributed by atoms with Gasteiger partial charge in [-0.2, -0.15) is 17.2 Å². The Morgan fingerprint density at radius 1 is 0.889 bits per heavy atom. The molecule has 1 heteroatoms. The average Bonchev–Trinajstić information content (AvgIpc) is 3.00. The van der Waals surface area contributed by atoms with E-state index in [1.807, 2.05) is 0 Å². The summed E-state index contributed by atoms with van der Waals surface area (Å²) in [4.78, 5) is 0. The third-order valence-corrected chi connectivity index (χ3v) is 6.99. The molecule has 0 aromatic heterocycles. The molecule has 2 bridgehead atoms. The van der Waals surface area contributed by atoms with Crippen LogP contribution in [0, 0.1) is 17.9 Å². The van der Waals surface area contributed by atoms with Gasteiger partial charge in [0.25, 0.3) is 0 Å². The molecule has 5 aliphatic carbocycles. The van der Waals surface area contributed by atoms with Gasteiger partial charge in [-0.1, -0.05) is 63.1 Å². The van der Waals surface area contributed by atoms with Gasteiger partial charge in [-0.15, -0.1) is 17.7 Å². The summed E-state index contributed by atoms with van der Waals surface area (Å²) in [7, 11) is 0. The molecule has 0 aliphatic heterocycles. The molecule has 5 aliphatic rings. The van der Waals surface area contributed by atoms with E-state index >= 15 is 0 Å². The molecule has 1 aromatic carbocycles. The SMILES string of the molecule is CC1=[C-]C2=CC3=C(C4CCC3CC4)C(c3ccc(C(C)(C)C)cc3)C2=C1.[Li+]. The normalized spacial score (nSPS) is 28.7.